The smallest absolute Gasteiger partial charge is 0.0442 e. The first-order valence-electron chi connectivity index (χ1n) is 3.93. The molecule has 0 amide bonds. The van der Waals surface area contributed by atoms with Gasteiger partial charge in [0.1, 0.15) is 0 Å². The van der Waals surface area contributed by atoms with E-state index in [1.54, 1.807) is 0 Å². The molecule has 1 rings (SSSR count). The average molecular weight is 295 g/mol. The van der Waals surface area contributed by atoms with E-state index >= 15 is 0 Å². The summed E-state index contributed by atoms with van der Waals surface area (Å²) >= 11 is 7.04. The fourth-order valence-corrected chi connectivity index (χ4v) is 2.54. The number of halogens is 2. The monoisotopic (exact) mass is 293 g/mol. The van der Waals surface area contributed by atoms with Crippen LogP contribution in [-0.2, 0) is 0 Å². The Bertz CT molecular complexity index is 219. The van der Waals surface area contributed by atoms with Gasteiger partial charge in [-0.25, -0.2) is 0 Å². The molecule has 0 N–H and O–H groups in total. The quantitative estimate of drug-likeness (QED) is 0.708. The summed E-state index contributed by atoms with van der Waals surface area (Å²) in [5.41, 5.74) is 1.36. The normalized spacial score (nSPS) is 23.9. The van der Waals surface area contributed by atoms with Gasteiger partial charge in [-0.3, -0.25) is 0 Å². The number of alkyl halides is 1. The van der Waals surface area contributed by atoms with Crippen molar-refractivity contribution in [2.45, 2.75) is 12.5 Å². The molecule has 1 nitrogen and oxygen atoms in total. The highest BCUT2D eigenvalue weighted by atomic mass is 79.9. The van der Waals surface area contributed by atoms with Crippen LogP contribution >= 0.6 is 31.9 Å². The maximum absolute atomic E-state index is 3.59. The lowest BCUT2D eigenvalue weighted by Crippen LogP contribution is -2.29. The molecule has 1 atom stereocenters. The lowest BCUT2D eigenvalue weighted by molar-refractivity contribution is 0.340. The van der Waals surface area contributed by atoms with E-state index in [0.717, 1.165) is 11.8 Å². The Hall–Kier alpha value is 0.400. The number of rotatable bonds is 2. The molecule has 0 bridgehead atoms. The van der Waals surface area contributed by atoms with Gasteiger partial charge in [0.15, 0.2) is 0 Å². The van der Waals surface area contributed by atoms with Crippen molar-refractivity contribution >= 4 is 31.9 Å². The molecule has 0 saturated heterocycles. The van der Waals surface area contributed by atoms with Gasteiger partial charge in [0, 0.05) is 15.9 Å². The van der Waals surface area contributed by atoms with Crippen LogP contribution in [-0.4, -0.2) is 30.4 Å². The average Bonchev–Trinajstić information content (AvgIpc) is 2.03. The van der Waals surface area contributed by atoms with Crippen LogP contribution in [0.5, 0.6) is 0 Å². The van der Waals surface area contributed by atoms with Crippen LogP contribution in [0.15, 0.2) is 22.2 Å². The number of allylic oxidation sites excluding steroid dienone is 2. The van der Waals surface area contributed by atoms with Crippen LogP contribution in [0, 0.1) is 0 Å². The Morgan fingerprint density at radius 2 is 2.25 bits per heavy atom. The first-order valence-corrected chi connectivity index (χ1v) is 5.85. The Morgan fingerprint density at radius 1 is 1.58 bits per heavy atom. The number of nitrogens with zero attached hydrogens (tertiary/aromatic N) is 1. The minimum Gasteiger partial charge on any atom is -0.302 e. The second kappa shape index (κ2) is 4.58. The maximum atomic E-state index is 3.59. The molecule has 1 aliphatic rings. The van der Waals surface area contributed by atoms with Crippen LogP contribution in [0.3, 0.4) is 0 Å². The Balaban J connectivity index is 2.70. The van der Waals surface area contributed by atoms with E-state index in [1.165, 1.54) is 10.1 Å². The Labute approximate surface area is 90.8 Å². The van der Waals surface area contributed by atoms with Gasteiger partial charge in [0.25, 0.3) is 0 Å². The summed E-state index contributed by atoms with van der Waals surface area (Å²) in [6, 6.07) is 0.521. The predicted molar refractivity (Wildman–Crippen MR) is 61.0 cm³/mol. The highest BCUT2D eigenvalue weighted by molar-refractivity contribution is 9.11. The fraction of sp³-hybridized carbons (Fsp3) is 0.556. The first kappa shape index (κ1) is 10.5. The third kappa shape index (κ3) is 2.44. The van der Waals surface area contributed by atoms with Crippen LogP contribution in [0.4, 0.5) is 0 Å². The summed E-state index contributed by atoms with van der Waals surface area (Å²) in [5.74, 6) is 0. The molecule has 0 aromatic rings. The minimum atomic E-state index is 0.521. The molecular weight excluding hydrogens is 282 g/mol. The molecule has 0 spiro atoms. The zero-order valence-corrected chi connectivity index (χ0v) is 10.5. The molecule has 1 unspecified atom stereocenters. The summed E-state index contributed by atoms with van der Waals surface area (Å²) in [6.45, 7) is 0. The van der Waals surface area contributed by atoms with Crippen molar-refractivity contribution in [2.24, 2.45) is 0 Å². The molecule has 0 saturated carbocycles. The molecule has 0 heterocycles. The molecular formula is C9H13Br2N. The molecule has 0 aromatic carbocycles. The van der Waals surface area contributed by atoms with E-state index < -0.39 is 0 Å². The van der Waals surface area contributed by atoms with Crippen molar-refractivity contribution in [3.63, 3.8) is 0 Å². The van der Waals surface area contributed by atoms with Crippen molar-refractivity contribution in [1.82, 2.24) is 4.90 Å². The van der Waals surface area contributed by atoms with E-state index in [1.807, 2.05) is 0 Å². The van der Waals surface area contributed by atoms with E-state index in [-0.39, 0.29) is 0 Å². The molecule has 0 radical (unpaired) electrons. The van der Waals surface area contributed by atoms with E-state index in [2.05, 4.69) is 63.0 Å². The Kier molecular flexibility index (Phi) is 4.00. The molecule has 68 valence electrons. The van der Waals surface area contributed by atoms with Gasteiger partial charge in [-0.05, 0) is 32.2 Å². The highest BCUT2D eigenvalue weighted by Crippen LogP contribution is 2.26. The van der Waals surface area contributed by atoms with Crippen molar-refractivity contribution in [2.75, 3.05) is 19.4 Å². The molecule has 12 heavy (non-hydrogen) atoms. The highest BCUT2D eigenvalue weighted by Gasteiger charge is 2.16. The summed E-state index contributed by atoms with van der Waals surface area (Å²) < 4.78 is 1.28. The second-order valence-electron chi connectivity index (χ2n) is 3.16. The van der Waals surface area contributed by atoms with Crippen molar-refractivity contribution in [1.29, 1.82) is 0 Å². The molecule has 0 fully saturated rings. The van der Waals surface area contributed by atoms with Gasteiger partial charge in [-0.15, -0.1) is 0 Å². The zero-order chi connectivity index (χ0) is 9.14. The van der Waals surface area contributed by atoms with E-state index in [9.17, 15) is 0 Å². The van der Waals surface area contributed by atoms with Gasteiger partial charge >= 0.3 is 0 Å². The van der Waals surface area contributed by atoms with E-state index in [4.69, 9.17) is 0 Å². The van der Waals surface area contributed by atoms with Crippen LogP contribution in [0.25, 0.3) is 0 Å². The Morgan fingerprint density at radius 3 is 2.67 bits per heavy atom. The lowest BCUT2D eigenvalue weighted by Gasteiger charge is -2.26. The number of hydrogen-bond donors (Lipinski definition) is 0. The molecule has 0 aliphatic heterocycles. The molecule has 1 aliphatic carbocycles. The SMILES string of the molecule is CN(C)C1CC=C(CBr)C=C1Br. The zero-order valence-electron chi connectivity index (χ0n) is 7.35. The van der Waals surface area contributed by atoms with Gasteiger partial charge in [-0.2, -0.15) is 0 Å². The third-order valence-corrected chi connectivity index (χ3v) is 3.43. The summed E-state index contributed by atoms with van der Waals surface area (Å²) in [6.07, 6.45) is 5.58. The second-order valence-corrected chi connectivity index (χ2v) is 4.63. The van der Waals surface area contributed by atoms with Gasteiger partial charge < -0.3 is 4.90 Å². The number of hydrogen-bond acceptors (Lipinski definition) is 1. The van der Waals surface area contributed by atoms with Crippen molar-refractivity contribution < 1.29 is 0 Å². The summed E-state index contributed by atoms with van der Waals surface area (Å²) in [4.78, 5) is 2.22. The predicted octanol–water partition coefficient (Wildman–Crippen LogP) is 2.92. The standard InChI is InChI=1S/C9H13Br2N/c1-12(2)9-4-3-7(6-10)5-8(9)11/h3,5,9H,4,6H2,1-2H3. The largest absolute Gasteiger partial charge is 0.302 e. The molecule has 3 heteroatoms. The summed E-state index contributed by atoms with van der Waals surface area (Å²) in [7, 11) is 4.21. The van der Waals surface area contributed by atoms with Crippen LogP contribution < -0.4 is 0 Å². The van der Waals surface area contributed by atoms with Gasteiger partial charge in [0.2, 0.25) is 0 Å². The minimum absolute atomic E-state index is 0.521. The fourth-order valence-electron chi connectivity index (χ4n) is 1.26. The van der Waals surface area contributed by atoms with Crippen molar-refractivity contribution in [3.05, 3.63) is 22.2 Å². The van der Waals surface area contributed by atoms with E-state index in [0.29, 0.717) is 6.04 Å². The first-order chi connectivity index (χ1) is 5.65. The van der Waals surface area contributed by atoms with Gasteiger partial charge in [-0.1, -0.05) is 37.9 Å². The van der Waals surface area contributed by atoms with Crippen LogP contribution in [0.2, 0.25) is 0 Å². The van der Waals surface area contributed by atoms with Gasteiger partial charge in [0.05, 0.1) is 0 Å². The maximum Gasteiger partial charge on any atom is 0.0442 e. The molecule has 0 aromatic heterocycles. The topological polar surface area (TPSA) is 3.24 Å². The third-order valence-electron chi connectivity index (χ3n) is 2.02. The summed E-state index contributed by atoms with van der Waals surface area (Å²) in [5, 5.41) is 0.947. The van der Waals surface area contributed by atoms with Crippen LogP contribution in [0.1, 0.15) is 6.42 Å². The van der Waals surface area contributed by atoms with Crippen molar-refractivity contribution in [3.8, 4) is 0 Å². The number of likely N-dealkylation sites (N-methyl/N-ethyl adjacent to an activating group) is 1. The lowest BCUT2D eigenvalue weighted by atomic mass is 10.0.